The highest BCUT2D eigenvalue weighted by Gasteiger charge is 2.45. The van der Waals surface area contributed by atoms with E-state index < -0.39 is 17.7 Å². The number of amides is 1. The molecule has 1 N–H and O–H groups in total. The Labute approximate surface area is 146 Å². The van der Waals surface area contributed by atoms with E-state index in [1.807, 2.05) is 37.3 Å². The fourth-order valence-electron chi connectivity index (χ4n) is 3.05. The highest BCUT2D eigenvalue weighted by molar-refractivity contribution is 6.46. The standard InChI is InChI=1S/C21H19NO3/c1-3-13-22-18(15-11-9-14(2)10-12-15)17(20(24)21(22)25)19(23)16-7-5-4-6-8-16/h3-12,18,23H,1,13H2,2H3/t18-/m0/s1. The molecule has 0 spiro atoms. The van der Waals surface area contributed by atoms with Gasteiger partial charge in [-0.1, -0.05) is 66.2 Å². The van der Waals surface area contributed by atoms with Crippen LogP contribution in [0.1, 0.15) is 22.7 Å². The molecule has 2 aromatic rings. The number of aryl methyl sites for hydroxylation is 1. The maximum atomic E-state index is 12.6. The Morgan fingerprint density at radius 3 is 2.36 bits per heavy atom. The number of hydrogen-bond acceptors (Lipinski definition) is 3. The van der Waals surface area contributed by atoms with E-state index in [4.69, 9.17) is 0 Å². The van der Waals surface area contributed by atoms with Gasteiger partial charge in [-0.2, -0.15) is 0 Å². The van der Waals surface area contributed by atoms with Crippen LogP contribution in [-0.4, -0.2) is 28.2 Å². The van der Waals surface area contributed by atoms with E-state index in [-0.39, 0.29) is 17.9 Å². The zero-order valence-electron chi connectivity index (χ0n) is 14.0. The first kappa shape index (κ1) is 16.7. The summed E-state index contributed by atoms with van der Waals surface area (Å²) < 4.78 is 0. The molecule has 25 heavy (non-hydrogen) atoms. The molecule has 4 heteroatoms. The topological polar surface area (TPSA) is 57.6 Å². The van der Waals surface area contributed by atoms with Gasteiger partial charge in [0.15, 0.2) is 0 Å². The highest BCUT2D eigenvalue weighted by atomic mass is 16.3. The zero-order valence-corrected chi connectivity index (χ0v) is 14.0. The minimum absolute atomic E-state index is 0.113. The number of aliphatic hydroxyl groups excluding tert-OH is 1. The van der Waals surface area contributed by atoms with E-state index in [2.05, 4.69) is 6.58 Å². The largest absolute Gasteiger partial charge is 0.507 e. The van der Waals surface area contributed by atoms with Crippen LogP contribution in [0.2, 0.25) is 0 Å². The van der Waals surface area contributed by atoms with Crippen LogP contribution >= 0.6 is 0 Å². The number of benzene rings is 2. The van der Waals surface area contributed by atoms with Gasteiger partial charge in [-0.05, 0) is 12.5 Å². The second-order valence-corrected chi connectivity index (χ2v) is 6.02. The maximum absolute atomic E-state index is 12.6. The van der Waals surface area contributed by atoms with Crippen molar-refractivity contribution >= 4 is 17.4 Å². The van der Waals surface area contributed by atoms with Crippen molar-refractivity contribution in [2.24, 2.45) is 0 Å². The lowest BCUT2D eigenvalue weighted by molar-refractivity contribution is -0.139. The van der Waals surface area contributed by atoms with Crippen LogP contribution in [0.25, 0.3) is 5.76 Å². The molecule has 2 aromatic carbocycles. The van der Waals surface area contributed by atoms with Crippen LogP contribution in [0.15, 0.2) is 72.8 Å². The number of nitrogens with zero attached hydrogens (tertiary/aromatic N) is 1. The van der Waals surface area contributed by atoms with Gasteiger partial charge in [-0.15, -0.1) is 6.58 Å². The Balaban J connectivity index is 2.19. The van der Waals surface area contributed by atoms with Crippen molar-refractivity contribution in [1.29, 1.82) is 0 Å². The third-order valence-electron chi connectivity index (χ3n) is 4.31. The Hall–Kier alpha value is -3.14. The summed E-state index contributed by atoms with van der Waals surface area (Å²) in [7, 11) is 0. The van der Waals surface area contributed by atoms with Gasteiger partial charge < -0.3 is 10.0 Å². The summed E-state index contributed by atoms with van der Waals surface area (Å²) in [5.74, 6) is -1.45. The van der Waals surface area contributed by atoms with Crippen molar-refractivity contribution in [2.75, 3.05) is 6.54 Å². The van der Waals surface area contributed by atoms with Crippen LogP contribution in [-0.2, 0) is 9.59 Å². The van der Waals surface area contributed by atoms with Gasteiger partial charge in [0.05, 0.1) is 11.6 Å². The summed E-state index contributed by atoms with van der Waals surface area (Å²) in [6.07, 6.45) is 1.58. The SMILES string of the molecule is C=CCN1C(=O)C(=O)C(=C(O)c2ccccc2)[C@@H]1c1ccc(C)cc1. The molecule has 0 unspecified atom stereocenters. The second kappa shape index (κ2) is 6.77. The minimum Gasteiger partial charge on any atom is -0.507 e. The quantitative estimate of drug-likeness (QED) is 0.402. The number of ketones is 1. The maximum Gasteiger partial charge on any atom is 0.295 e. The smallest absolute Gasteiger partial charge is 0.295 e. The fourth-order valence-corrected chi connectivity index (χ4v) is 3.05. The van der Waals surface area contributed by atoms with E-state index in [9.17, 15) is 14.7 Å². The molecule has 1 saturated heterocycles. The van der Waals surface area contributed by atoms with Crippen LogP contribution in [0.3, 0.4) is 0 Å². The Kier molecular flexibility index (Phi) is 4.52. The summed E-state index contributed by atoms with van der Waals surface area (Å²) in [6.45, 7) is 5.87. The summed E-state index contributed by atoms with van der Waals surface area (Å²) >= 11 is 0. The van der Waals surface area contributed by atoms with Gasteiger partial charge in [-0.25, -0.2) is 0 Å². The van der Waals surface area contributed by atoms with Gasteiger partial charge >= 0.3 is 0 Å². The van der Waals surface area contributed by atoms with Crippen LogP contribution in [0, 0.1) is 6.92 Å². The molecule has 4 nitrogen and oxygen atoms in total. The third kappa shape index (κ3) is 2.98. The average Bonchev–Trinajstić information content (AvgIpc) is 2.88. The molecule has 1 aliphatic rings. The number of rotatable bonds is 4. The van der Waals surface area contributed by atoms with Crippen molar-refractivity contribution in [3.63, 3.8) is 0 Å². The molecule has 0 aromatic heterocycles. The van der Waals surface area contributed by atoms with E-state index in [1.165, 1.54) is 4.90 Å². The van der Waals surface area contributed by atoms with E-state index >= 15 is 0 Å². The molecule has 0 radical (unpaired) electrons. The number of likely N-dealkylation sites (tertiary alicyclic amines) is 1. The molecule has 0 saturated carbocycles. The monoisotopic (exact) mass is 333 g/mol. The van der Waals surface area contributed by atoms with E-state index in [0.717, 1.165) is 11.1 Å². The first-order valence-electron chi connectivity index (χ1n) is 8.06. The lowest BCUT2D eigenvalue weighted by Gasteiger charge is -2.24. The Morgan fingerprint density at radius 2 is 1.76 bits per heavy atom. The van der Waals surface area contributed by atoms with Crippen molar-refractivity contribution < 1.29 is 14.7 Å². The molecule has 1 fully saturated rings. The number of hydrogen-bond donors (Lipinski definition) is 1. The second-order valence-electron chi connectivity index (χ2n) is 6.02. The lowest BCUT2D eigenvalue weighted by Crippen LogP contribution is -2.29. The van der Waals surface area contributed by atoms with Crippen LogP contribution < -0.4 is 0 Å². The zero-order chi connectivity index (χ0) is 18.0. The summed E-state index contributed by atoms with van der Waals surface area (Å²) in [5, 5.41) is 10.7. The molecule has 1 heterocycles. The van der Waals surface area contributed by atoms with Gasteiger partial charge in [0, 0.05) is 12.1 Å². The van der Waals surface area contributed by atoms with Gasteiger partial charge in [-0.3, -0.25) is 9.59 Å². The normalized spacial score (nSPS) is 19.2. The van der Waals surface area contributed by atoms with Crippen LogP contribution in [0.4, 0.5) is 0 Å². The minimum atomic E-state index is -0.672. The van der Waals surface area contributed by atoms with Crippen molar-refractivity contribution in [2.45, 2.75) is 13.0 Å². The summed E-state index contributed by atoms with van der Waals surface area (Å²) in [5.41, 5.74) is 2.48. The molecule has 3 rings (SSSR count). The predicted octanol–water partition coefficient (Wildman–Crippen LogP) is 3.60. The molecule has 126 valence electrons. The molecule has 1 atom stereocenters. The van der Waals surface area contributed by atoms with Crippen molar-refractivity contribution in [1.82, 2.24) is 4.90 Å². The molecule has 0 aliphatic carbocycles. The van der Waals surface area contributed by atoms with Crippen molar-refractivity contribution in [3.05, 3.63) is 89.5 Å². The van der Waals surface area contributed by atoms with Gasteiger partial charge in [0.2, 0.25) is 0 Å². The number of carbonyl (C=O) groups is 2. The van der Waals surface area contributed by atoms with E-state index in [1.54, 1.807) is 30.3 Å². The van der Waals surface area contributed by atoms with Gasteiger partial charge in [0.1, 0.15) is 5.76 Å². The first-order chi connectivity index (χ1) is 12.0. The molecular weight excluding hydrogens is 314 g/mol. The fraction of sp³-hybridized carbons (Fsp3) is 0.143. The molecular formula is C21H19NO3. The average molecular weight is 333 g/mol. The molecule has 0 bridgehead atoms. The Bertz CT molecular complexity index is 850. The van der Waals surface area contributed by atoms with Crippen LogP contribution in [0.5, 0.6) is 0 Å². The summed E-state index contributed by atoms with van der Waals surface area (Å²) in [6, 6.07) is 15.8. The molecule has 1 amide bonds. The number of aliphatic hydroxyl groups is 1. The third-order valence-corrected chi connectivity index (χ3v) is 4.31. The number of carbonyl (C=O) groups excluding carboxylic acids is 2. The van der Waals surface area contributed by atoms with E-state index in [0.29, 0.717) is 5.56 Å². The highest BCUT2D eigenvalue weighted by Crippen LogP contribution is 2.39. The van der Waals surface area contributed by atoms with Gasteiger partial charge in [0.25, 0.3) is 11.7 Å². The number of Topliss-reactive ketones (excluding diaryl/α,β-unsaturated/α-hetero) is 1. The lowest BCUT2D eigenvalue weighted by atomic mass is 9.95. The molecule has 1 aliphatic heterocycles. The predicted molar refractivity (Wildman–Crippen MR) is 96.8 cm³/mol. The summed E-state index contributed by atoms with van der Waals surface area (Å²) in [4.78, 5) is 26.5. The first-order valence-corrected chi connectivity index (χ1v) is 8.06. The Morgan fingerprint density at radius 1 is 1.12 bits per heavy atom. The van der Waals surface area contributed by atoms with Crippen molar-refractivity contribution in [3.8, 4) is 0 Å².